The topological polar surface area (TPSA) is 79.2 Å². The number of halogens is 1. The third kappa shape index (κ3) is 2.45. The highest BCUT2D eigenvalue weighted by molar-refractivity contribution is 6.30. The molecule has 4 aromatic rings. The number of nitrogens with one attached hydrogen (secondary N) is 1. The fourth-order valence-electron chi connectivity index (χ4n) is 4.45. The molecule has 4 heterocycles. The predicted molar refractivity (Wildman–Crippen MR) is 113 cm³/mol. The smallest absolute Gasteiger partial charge is 0.277 e. The van der Waals surface area contributed by atoms with E-state index < -0.39 is 0 Å². The summed E-state index contributed by atoms with van der Waals surface area (Å²) in [5.74, 6) is 1.13. The van der Waals surface area contributed by atoms with E-state index in [1.807, 2.05) is 59.7 Å². The Kier molecular flexibility index (Phi) is 3.62. The van der Waals surface area contributed by atoms with Crippen molar-refractivity contribution in [3.05, 3.63) is 75.5 Å². The third-order valence-corrected chi connectivity index (χ3v) is 6.32. The van der Waals surface area contributed by atoms with Crippen molar-refractivity contribution in [3.8, 4) is 0 Å². The van der Waals surface area contributed by atoms with Gasteiger partial charge in [-0.15, -0.1) is 10.2 Å². The fourth-order valence-corrected chi connectivity index (χ4v) is 4.57. The lowest BCUT2D eigenvalue weighted by Gasteiger charge is -2.27. The summed E-state index contributed by atoms with van der Waals surface area (Å²) in [5.41, 5.74) is 6.15. The monoisotopic (exact) mass is 418 g/mol. The minimum atomic E-state index is -0.257. The van der Waals surface area contributed by atoms with Crippen LogP contribution in [-0.4, -0.2) is 30.7 Å². The Morgan fingerprint density at radius 2 is 1.90 bits per heavy atom. The number of amides is 1. The van der Waals surface area contributed by atoms with Crippen molar-refractivity contribution in [3.63, 3.8) is 0 Å². The maximum absolute atomic E-state index is 13.6. The zero-order chi connectivity index (χ0) is 20.6. The Hall–Kier alpha value is -3.19. The zero-order valence-electron chi connectivity index (χ0n) is 16.6. The summed E-state index contributed by atoms with van der Waals surface area (Å²) in [5, 5.41) is 16.6. The van der Waals surface area contributed by atoms with Gasteiger partial charge in [-0.3, -0.25) is 19.2 Å². The van der Waals surface area contributed by atoms with Crippen LogP contribution in [0.1, 0.15) is 63.5 Å². The number of aryl methyl sites for hydroxylation is 2. The lowest BCUT2D eigenvalue weighted by Crippen LogP contribution is -2.29. The molecule has 1 atom stereocenters. The molecule has 0 spiro atoms. The van der Waals surface area contributed by atoms with Crippen molar-refractivity contribution < 1.29 is 4.79 Å². The Morgan fingerprint density at radius 3 is 2.63 bits per heavy atom. The predicted octanol–water partition coefficient (Wildman–Crippen LogP) is 4.35. The number of fused-ring (bicyclic) bond motifs is 2. The van der Waals surface area contributed by atoms with E-state index in [1.54, 1.807) is 0 Å². The van der Waals surface area contributed by atoms with Crippen LogP contribution in [0.3, 0.4) is 0 Å². The molecule has 1 aliphatic heterocycles. The number of aromatic amines is 1. The molecule has 1 amide bonds. The number of H-pyrrole nitrogens is 1. The number of carbonyl (C=O) groups is 1. The number of nitrogens with zero attached hydrogens (tertiary/aromatic N) is 5. The fraction of sp³-hybridized carbons (Fsp3) is 0.273. The van der Waals surface area contributed by atoms with Crippen molar-refractivity contribution >= 4 is 28.8 Å². The van der Waals surface area contributed by atoms with E-state index in [4.69, 9.17) is 11.6 Å². The summed E-state index contributed by atoms with van der Waals surface area (Å²) >= 11 is 6.15. The molecule has 150 valence electrons. The number of benzene rings is 1. The molecular weight excluding hydrogens is 400 g/mol. The average molecular weight is 419 g/mol. The van der Waals surface area contributed by atoms with E-state index in [9.17, 15) is 4.79 Å². The largest absolute Gasteiger partial charge is 0.294 e. The van der Waals surface area contributed by atoms with Gasteiger partial charge in [0.2, 0.25) is 0 Å². The molecule has 1 aliphatic carbocycles. The van der Waals surface area contributed by atoms with Crippen LogP contribution in [0.5, 0.6) is 0 Å². The molecule has 2 aliphatic rings. The second kappa shape index (κ2) is 6.15. The average Bonchev–Trinajstić information content (AvgIpc) is 3.27. The van der Waals surface area contributed by atoms with Crippen molar-refractivity contribution in [2.24, 2.45) is 0 Å². The molecule has 1 saturated carbocycles. The van der Waals surface area contributed by atoms with E-state index >= 15 is 0 Å². The van der Waals surface area contributed by atoms with Crippen LogP contribution in [0.2, 0.25) is 5.02 Å². The summed E-state index contributed by atoms with van der Waals surface area (Å²) < 4.78 is 1.93. The first kappa shape index (κ1) is 17.7. The standard InChI is InChI=1S/C22H19ClN6O/c1-11-9-16(10-28-12(2)24-27-21(11)28)29-20(14-5-7-15(23)8-6-14)17-18(13-3-4-13)25-26-19(17)22(29)30/h5-10,13,20H,3-4H2,1-2H3,(H,25,26). The van der Waals surface area contributed by atoms with Gasteiger partial charge in [0, 0.05) is 22.7 Å². The third-order valence-electron chi connectivity index (χ3n) is 6.07. The van der Waals surface area contributed by atoms with E-state index in [0.29, 0.717) is 16.6 Å². The van der Waals surface area contributed by atoms with E-state index in [2.05, 4.69) is 20.4 Å². The zero-order valence-corrected chi connectivity index (χ0v) is 17.3. The first-order chi connectivity index (χ1) is 14.5. The van der Waals surface area contributed by atoms with Crippen LogP contribution < -0.4 is 4.90 Å². The van der Waals surface area contributed by atoms with Gasteiger partial charge in [0.15, 0.2) is 5.65 Å². The maximum Gasteiger partial charge on any atom is 0.277 e. The number of carbonyl (C=O) groups excluding carboxylic acids is 1. The highest BCUT2D eigenvalue weighted by Gasteiger charge is 2.45. The van der Waals surface area contributed by atoms with E-state index in [0.717, 1.165) is 52.4 Å². The van der Waals surface area contributed by atoms with Gasteiger partial charge in [-0.1, -0.05) is 23.7 Å². The Bertz CT molecular complexity index is 1320. The van der Waals surface area contributed by atoms with E-state index in [-0.39, 0.29) is 11.9 Å². The maximum atomic E-state index is 13.6. The molecule has 1 N–H and O–H groups in total. The molecule has 1 aromatic carbocycles. The van der Waals surface area contributed by atoms with Gasteiger partial charge in [0.05, 0.1) is 17.4 Å². The number of anilines is 1. The number of hydrogen-bond donors (Lipinski definition) is 1. The SMILES string of the molecule is Cc1cc(N2C(=O)c3[nH]nc(C4CC4)c3C2c2ccc(Cl)cc2)cn2c(C)nnc12. The lowest BCUT2D eigenvalue weighted by molar-refractivity contribution is 0.0988. The van der Waals surface area contributed by atoms with Crippen molar-refractivity contribution in [1.82, 2.24) is 24.8 Å². The minimum Gasteiger partial charge on any atom is -0.294 e. The van der Waals surface area contributed by atoms with Crippen molar-refractivity contribution in [2.75, 3.05) is 4.90 Å². The molecule has 8 heteroatoms. The quantitative estimate of drug-likeness (QED) is 0.536. The number of hydrogen-bond acceptors (Lipinski definition) is 4. The van der Waals surface area contributed by atoms with Crippen LogP contribution in [0.4, 0.5) is 5.69 Å². The van der Waals surface area contributed by atoms with Crippen LogP contribution in [0.15, 0.2) is 36.5 Å². The molecule has 1 unspecified atom stereocenters. The highest BCUT2D eigenvalue weighted by Crippen LogP contribution is 2.49. The molecule has 0 radical (unpaired) electrons. The lowest BCUT2D eigenvalue weighted by atomic mass is 9.97. The number of rotatable bonds is 3. The van der Waals surface area contributed by atoms with Gasteiger partial charge in [-0.2, -0.15) is 5.10 Å². The Balaban J connectivity index is 1.58. The molecule has 30 heavy (non-hydrogen) atoms. The molecule has 0 bridgehead atoms. The van der Waals surface area contributed by atoms with Crippen LogP contribution in [-0.2, 0) is 0 Å². The van der Waals surface area contributed by atoms with Gasteiger partial charge in [-0.25, -0.2) is 0 Å². The van der Waals surface area contributed by atoms with Gasteiger partial charge in [0.1, 0.15) is 11.5 Å². The van der Waals surface area contributed by atoms with Crippen molar-refractivity contribution in [1.29, 1.82) is 0 Å². The second-order valence-corrected chi connectivity index (χ2v) is 8.56. The number of aromatic nitrogens is 5. The normalized spacial score (nSPS) is 18.4. The molecular formula is C22H19ClN6O. The molecule has 3 aromatic heterocycles. The summed E-state index contributed by atoms with van der Waals surface area (Å²) in [4.78, 5) is 15.4. The summed E-state index contributed by atoms with van der Waals surface area (Å²) in [6.45, 7) is 3.89. The summed E-state index contributed by atoms with van der Waals surface area (Å²) in [6.07, 6.45) is 4.17. The van der Waals surface area contributed by atoms with Crippen molar-refractivity contribution in [2.45, 2.75) is 38.6 Å². The van der Waals surface area contributed by atoms with Gasteiger partial charge >= 0.3 is 0 Å². The Labute approximate surface area is 177 Å². The Morgan fingerprint density at radius 1 is 1.13 bits per heavy atom. The molecule has 7 nitrogen and oxygen atoms in total. The van der Waals surface area contributed by atoms with Crippen LogP contribution in [0, 0.1) is 13.8 Å². The number of pyridine rings is 1. The second-order valence-electron chi connectivity index (χ2n) is 8.12. The van der Waals surface area contributed by atoms with Crippen LogP contribution >= 0.6 is 11.6 Å². The molecule has 6 rings (SSSR count). The van der Waals surface area contributed by atoms with Gasteiger partial charge < -0.3 is 0 Å². The molecule has 0 saturated heterocycles. The first-order valence-electron chi connectivity index (χ1n) is 10.0. The summed E-state index contributed by atoms with van der Waals surface area (Å²) in [6, 6.07) is 9.45. The molecule has 1 fully saturated rings. The highest BCUT2D eigenvalue weighted by atomic mass is 35.5. The van der Waals surface area contributed by atoms with E-state index in [1.165, 1.54) is 0 Å². The van der Waals surface area contributed by atoms with Gasteiger partial charge in [-0.05, 0) is 56.0 Å². The van der Waals surface area contributed by atoms with Gasteiger partial charge in [0.25, 0.3) is 5.91 Å². The first-order valence-corrected chi connectivity index (χ1v) is 10.4. The minimum absolute atomic E-state index is 0.0752. The van der Waals surface area contributed by atoms with Crippen LogP contribution in [0.25, 0.3) is 5.65 Å². The summed E-state index contributed by atoms with van der Waals surface area (Å²) in [7, 11) is 0.